The Morgan fingerprint density at radius 1 is 0.800 bits per heavy atom. The highest BCUT2D eigenvalue weighted by molar-refractivity contribution is 7.99. The van der Waals surface area contributed by atoms with E-state index in [0.29, 0.717) is 0 Å². The Kier molecular flexibility index (Phi) is 6.60. The molecule has 0 fully saturated rings. The first-order valence-corrected chi connectivity index (χ1v) is 12.8. The van der Waals surface area contributed by atoms with Crippen molar-refractivity contribution < 1.29 is 0 Å². The summed E-state index contributed by atoms with van der Waals surface area (Å²) in [5, 5.41) is 3.81. The highest BCUT2D eigenvalue weighted by Crippen LogP contribution is 2.43. The first-order chi connectivity index (χ1) is 14.6. The smallest absolute Gasteiger partial charge is 0.0506 e. The fourth-order valence-electron chi connectivity index (χ4n) is 4.05. The zero-order valence-electron chi connectivity index (χ0n) is 17.9. The number of aryl methyl sites for hydroxylation is 1. The van der Waals surface area contributed by atoms with Crippen molar-refractivity contribution in [1.29, 1.82) is 0 Å². The third kappa shape index (κ3) is 4.79. The summed E-state index contributed by atoms with van der Waals surface area (Å²) in [5.41, 5.74) is 8.01. The molecule has 30 heavy (non-hydrogen) atoms. The number of benzene rings is 3. The number of anilines is 1. The maximum atomic E-state index is 3.81. The van der Waals surface area contributed by atoms with Crippen molar-refractivity contribution in [2.24, 2.45) is 0 Å². The van der Waals surface area contributed by atoms with Gasteiger partial charge in [0.2, 0.25) is 0 Å². The molecular weight excluding hydrogens is 402 g/mol. The van der Waals surface area contributed by atoms with Crippen LogP contribution in [0.1, 0.15) is 25.0 Å². The number of para-hydroxylation sites is 1. The van der Waals surface area contributed by atoms with E-state index in [0.717, 1.165) is 17.9 Å². The number of thioether (sulfide) groups is 2. The van der Waals surface area contributed by atoms with Gasteiger partial charge in [-0.1, -0.05) is 72.8 Å². The van der Waals surface area contributed by atoms with Gasteiger partial charge < -0.3 is 5.32 Å². The van der Waals surface area contributed by atoms with Crippen molar-refractivity contribution in [3.05, 3.63) is 90.0 Å². The van der Waals surface area contributed by atoms with Gasteiger partial charge in [0, 0.05) is 21.8 Å². The molecule has 0 amide bonds. The predicted molar refractivity (Wildman–Crippen MR) is 137 cm³/mol. The van der Waals surface area contributed by atoms with Gasteiger partial charge in [0.05, 0.1) is 11.2 Å². The lowest BCUT2D eigenvalue weighted by Gasteiger charge is -2.34. The van der Waals surface area contributed by atoms with E-state index in [1.165, 1.54) is 38.4 Å². The first kappa shape index (κ1) is 21.1. The summed E-state index contributed by atoms with van der Waals surface area (Å²) in [4.78, 5) is 1.32. The van der Waals surface area contributed by atoms with Crippen molar-refractivity contribution in [3.63, 3.8) is 0 Å². The van der Waals surface area contributed by atoms with E-state index in [1.807, 2.05) is 23.5 Å². The average Bonchev–Trinajstić information content (AvgIpc) is 2.76. The molecule has 3 aromatic rings. The Bertz CT molecular complexity index is 1040. The lowest BCUT2D eigenvalue weighted by atomic mass is 9.88. The molecule has 0 aliphatic carbocycles. The van der Waals surface area contributed by atoms with E-state index in [2.05, 4.69) is 104 Å². The average molecular weight is 432 g/mol. The lowest BCUT2D eigenvalue weighted by molar-refractivity contribution is 0.708. The predicted octanol–water partition coefficient (Wildman–Crippen LogP) is 7.64. The number of nitrogens with one attached hydrogen (secondary N) is 1. The monoisotopic (exact) mass is 431 g/mol. The Hall–Kier alpha value is -2.10. The molecule has 1 heterocycles. The molecule has 0 aromatic heterocycles. The molecule has 0 bridgehead atoms. The molecule has 3 aromatic carbocycles. The number of hydrogen-bond acceptors (Lipinski definition) is 3. The van der Waals surface area contributed by atoms with Crippen LogP contribution in [0.3, 0.4) is 0 Å². The van der Waals surface area contributed by atoms with E-state index >= 15 is 0 Å². The van der Waals surface area contributed by atoms with Crippen molar-refractivity contribution in [2.45, 2.75) is 30.7 Å². The molecule has 0 saturated heterocycles. The summed E-state index contributed by atoms with van der Waals surface area (Å²) in [6, 6.07) is 26.2. The van der Waals surface area contributed by atoms with E-state index in [4.69, 9.17) is 0 Å². The van der Waals surface area contributed by atoms with Gasteiger partial charge in [0.25, 0.3) is 0 Å². The van der Waals surface area contributed by atoms with Crippen LogP contribution in [-0.2, 0) is 6.42 Å². The van der Waals surface area contributed by atoms with Crippen molar-refractivity contribution >= 4 is 34.8 Å². The minimum Gasteiger partial charge on any atom is -0.376 e. The fraction of sp³-hybridized carbons (Fsp3) is 0.259. The Morgan fingerprint density at radius 3 is 2.30 bits per heavy atom. The summed E-state index contributed by atoms with van der Waals surface area (Å²) < 4.78 is 0. The van der Waals surface area contributed by atoms with Gasteiger partial charge in [-0.3, -0.25) is 0 Å². The van der Waals surface area contributed by atoms with E-state index in [-0.39, 0.29) is 5.54 Å². The summed E-state index contributed by atoms with van der Waals surface area (Å²) in [7, 11) is 0. The summed E-state index contributed by atoms with van der Waals surface area (Å²) >= 11 is 3.84. The molecule has 0 atom stereocenters. The van der Waals surface area contributed by atoms with Gasteiger partial charge in [-0.15, -0.1) is 11.8 Å². The summed E-state index contributed by atoms with van der Waals surface area (Å²) in [6.45, 7) is 4.53. The van der Waals surface area contributed by atoms with Crippen LogP contribution in [0.2, 0.25) is 0 Å². The fourth-order valence-corrected chi connectivity index (χ4v) is 5.65. The Balaban J connectivity index is 1.59. The topological polar surface area (TPSA) is 12.0 Å². The molecule has 4 rings (SSSR count). The molecule has 1 aliphatic rings. The number of fused-ring (bicyclic) bond motifs is 1. The zero-order valence-corrected chi connectivity index (χ0v) is 19.6. The Labute approximate surface area is 189 Å². The third-order valence-electron chi connectivity index (χ3n) is 5.43. The van der Waals surface area contributed by atoms with E-state index in [9.17, 15) is 0 Å². The van der Waals surface area contributed by atoms with E-state index < -0.39 is 0 Å². The normalized spacial score (nSPS) is 14.6. The molecular formula is C27H29NS2. The van der Waals surface area contributed by atoms with Gasteiger partial charge in [-0.2, -0.15) is 11.8 Å². The lowest BCUT2D eigenvalue weighted by Crippen LogP contribution is -2.32. The van der Waals surface area contributed by atoms with Crippen LogP contribution >= 0.6 is 23.5 Å². The maximum Gasteiger partial charge on any atom is 0.0506 e. The van der Waals surface area contributed by atoms with Crippen molar-refractivity contribution in [2.75, 3.05) is 23.1 Å². The quantitative estimate of drug-likeness (QED) is 0.305. The van der Waals surface area contributed by atoms with Gasteiger partial charge in [0.1, 0.15) is 0 Å². The van der Waals surface area contributed by atoms with Gasteiger partial charge in [0.15, 0.2) is 0 Å². The van der Waals surface area contributed by atoms with Crippen LogP contribution in [-0.4, -0.2) is 23.3 Å². The van der Waals surface area contributed by atoms with Crippen LogP contribution in [0.15, 0.2) is 83.8 Å². The van der Waals surface area contributed by atoms with E-state index in [1.54, 1.807) is 0 Å². The van der Waals surface area contributed by atoms with Crippen molar-refractivity contribution in [3.8, 4) is 11.1 Å². The second-order valence-electron chi connectivity index (χ2n) is 8.23. The molecule has 3 heteroatoms. The van der Waals surface area contributed by atoms with Crippen LogP contribution in [0.5, 0.6) is 0 Å². The van der Waals surface area contributed by atoms with Gasteiger partial charge in [-0.05, 0) is 55.0 Å². The van der Waals surface area contributed by atoms with Crippen LogP contribution < -0.4 is 5.32 Å². The zero-order chi connectivity index (χ0) is 21.0. The second kappa shape index (κ2) is 9.36. The molecule has 1 aliphatic heterocycles. The molecule has 1 N–H and O–H groups in total. The largest absolute Gasteiger partial charge is 0.376 e. The molecule has 0 spiro atoms. The maximum absolute atomic E-state index is 3.81. The SMILES string of the molecule is CSc1ccccc1-c1cccc2c1NC(C)(C)C=C2CSCCc1ccccc1. The molecule has 1 nitrogen and oxygen atoms in total. The highest BCUT2D eigenvalue weighted by atomic mass is 32.2. The number of rotatable bonds is 7. The molecule has 0 saturated carbocycles. The highest BCUT2D eigenvalue weighted by Gasteiger charge is 2.26. The van der Waals surface area contributed by atoms with Crippen molar-refractivity contribution in [1.82, 2.24) is 0 Å². The van der Waals surface area contributed by atoms with Crippen LogP contribution in [0.25, 0.3) is 16.7 Å². The van der Waals surface area contributed by atoms with Crippen LogP contribution in [0.4, 0.5) is 5.69 Å². The molecule has 0 radical (unpaired) electrons. The minimum atomic E-state index is -0.0628. The van der Waals surface area contributed by atoms with Gasteiger partial charge in [-0.25, -0.2) is 0 Å². The summed E-state index contributed by atoms with van der Waals surface area (Å²) in [6.07, 6.45) is 5.68. The third-order valence-corrected chi connectivity index (χ3v) is 7.23. The number of hydrogen-bond donors (Lipinski definition) is 1. The summed E-state index contributed by atoms with van der Waals surface area (Å²) in [5.74, 6) is 2.18. The molecule has 154 valence electrons. The first-order valence-electron chi connectivity index (χ1n) is 10.5. The van der Waals surface area contributed by atoms with Crippen LogP contribution in [0, 0.1) is 0 Å². The van der Waals surface area contributed by atoms with Gasteiger partial charge >= 0.3 is 0 Å². The standard InChI is InChI=1S/C27H29NS2/c1-27(2)18-21(19-30-17-16-20-10-5-4-6-11-20)22-13-9-14-24(26(22)28-27)23-12-7-8-15-25(23)29-3/h4-15,18,28H,16-17,19H2,1-3H3. The molecule has 0 unspecified atom stereocenters. The Morgan fingerprint density at radius 2 is 1.50 bits per heavy atom. The minimum absolute atomic E-state index is 0.0628. The second-order valence-corrected chi connectivity index (χ2v) is 10.2.